The third-order valence-corrected chi connectivity index (χ3v) is 0.258. The van der Waals surface area contributed by atoms with E-state index in [1.807, 2.05) is 0 Å². The van der Waals surface area contributed by atoms with E-state index < -0.39 is 0 Å². The van der Waals surface area contributed by atoms with Crippen molar-refractivity contribution < 1.29 is 14.5 Å². The monoisotopic (exact) mass is 191 g/mol. The van der Waals surface area contributed by atoms with E-state index >= 15 is 0 Å². The van der Waals surface area contributed by atoms with E-state index in [0.29, 0.717) is 0 Å². The van der Waals surface area contributed by atoms with Gasteiger partial charge in [0.15, 0.2) is 0 Å². The number of hydrogen-bond donors (Lipinski definition) is 0. The summed E-state index contributed by atoms with van der Waals surface area (Å²) in [7, 11) is 0. The van der Waals surface area contributed by atoms with Crippen molar-refractivity contribution in [2.24, 2.45) is 0 Å². The Labute approximate surface area is 78.3 Å². The number of nitro groups is 1. The Balaban J connectivity index is -0.000000117. The van der Waals surface area contributed by atoms with Crippen LogP contribution >= 0.6 is 0 Å². The van der Waals surface area contributed by atoms with E-state index in [4.69, 9.17) is 0 Å². The van der Waals surface area contributed by atoms with Gasteiger partial charge in [0.2, 0.25) is 6.54 Å². The van der Waals surface area contributed by atoms with Crippen LogP contribution in [0.15, 0.2) is 0 Å². The quantitative estimate of drug-likeness (QED) is 0.464. The molecule has 0 atom stereocenters. The maximum Gasteiger partial charge on any atom is 0.201 e. The molecule has 0 spiro atoms. The summed E-state index contributed by atoms with van der Waals surface area (Å²) in [4.78, 5) is 27.7. The van der Waals surface area contributed by atoms with E-state index in [2.05, 4.69) is 0 Å². The lowest BCUT2D eigenvalue weighted by Crippen LogP contribution is -1.92. The predicted molar refractivity (Wildman–Crippen MR) is 50.2 cm³/mol. The van der Waals surface area contributed by atoms with Crippen LogP contribution in [0.25, 0.3) is 0 Å². The average molecular weight is 191 g/mol. The summed E-state index contributed by atoms with van der Waals surface area (Å²) >= 11 is 0. The van der Waals surface area contributed by atoms with Crippen LogP contribution in [-0.4, -0.2) is 23.0 Å². The zero-order valence-corrected chi connectivity index (χ0v) is 8.79. The third kappa shape index (κ3) is 1500. The summed E-state index contributed by atoms with van der Waals surface area (Å²) in [5.74, 6) is 0.333. The summed E-state index contributed by atoms with van der Waals surface area (Å²) in [5, 5.41) is 9.17. The highest BCUT2D eigenvalue weighted by molar-refractivity contribution is 5.72. The van der Waals surface area contributed by atoms with Gasteiger partial charge in [-0.1, -0.05) is 0 Å². The first-order valence-corrected chi connectivity index (χ1v) is 3.80. The molecule has 0 aliphatic rings. The van der Waals surface area contributed by atoms with E-state index in [0.717, 1.165) is 0 Å². The van der Waals surface area contributed by atoms with Crippen LogP contribution in [0.2, 0.25) is 0 Å². The van der Waals surface area contributed by atoms with Gasteiger partial charge in [-0.05, 0) is 27.7 Å². The summed E-state index contributed by atoms with van der Waals surface area (Å²) < 4.78 is 0. The molecule has 0 heterocycles. The van der Waals surface area contributed by atoms with E-state index in [1.54, 1.807) is 0 Å². The standard InChI is InChI=1S/2C3H6O.C2H5NO2/c2*1-3(2)4;1-2-3(4)5/h2*1-2H3;2H2,1H3. The molecule has 0 aliphatic heterocycles. The Morgan fingerprint density at radius 1 is 1.08 bits per heavy atom. The van der Waals surface area contributed by atoms with Crippen molar-refractivity contribution in [1.82, 2.24) is 0 Å². The molecule has 0 radical (unpaired) electrons. The Morgan fingerprint density at radius 3 is 1.15 bits per heavy atom. The molecule has 13 heavy (non-hydrogen) atoms. The molecular weight excluding hydrogens is 174 g/mol. The number of hydrogen-bond acceptors (Lipinski definition) is 4. The fraction of sp³-hybridized carbons (Fsp3) is 0.750. The molecule has 0 saturated heterocycles. The zero-order chi connectivity index (χ0) is 11.4. The molecule has 0 aliphatic carbocycles. The first kappa shape index (κ1) is 17.7. The summed E-state index contributed by atoms with van der Waals surface area (Å²) in [6.07, 6.45) is 0. The van der Waals surface area contributed by atoms with Crippen LogP contribution in [0, 0.1) is 10.1 Å². The molecule has 0 fully saturated rings. The minimum absolute atomic E-state index is 0.0278. The molecule has 0 aromatic rings. The topological polar surface area (TPSA) is 77.3 Å². The Bertz CT molecular complexity index is 146. The number of Topliss-reactive ketones (excluding diaryl/α,β-unsaturated/α-hetero) is 2. The molecule has 0 bridgehead atoms. The van der Waals surface area contributed by atoms with Crippen molar-refractivity contribution in [3.8, 4) is 0 Å². The van der Waals surface area contributed by atoms with Crippen LogP contribution in [0.5, 0.6) is 0 Å². The Kier molecular flexibility index (Phi) is 18.2. The van der Waals surface area contributed by atoms with Crippen molar-refractivity contribution in [3.05, 3.63) is 10.1 Å². The first-order chi connectivity index (χ1) is 5.73. The van der Waals surface area contributed by atoms with Gasteiger partial charge in [0.05, 0.1) is 0 Å². The zero-order valence-electron chi connectivity index (χ0n) is 8.79. The Hall–Kier alpha value is -1.26. The highest BCUT2D eigenvalue weighted by atomic mass is 16.6. The van der Waals surface area contributed by atoms with Crippen LogP contribution in [-0.2, 0) is 9.59 Å². The second kappa shape index (κ2) is 13.3. The summed E-state index contributed by atoms with van der Waals surface area (Å²) in [6, 6.07) is 0. The molecular formula is C8H17NO4. The number of nitrogens with zero attached hydrogens (tertiary/aromatic N) is 1. The Morgan fingerprint density at radius 2 is 1.15 bits per heavy atom. The lowest BCUT2D eigenvalue weighted by Gasteiger charge is -1.73. The molecule has 0 amide bonds. The summed E-state index contributed by atoms with van der Waals surface area (Å²) in [5.41, 5.74) is 0. The summed E-state index contributed by atoms with van der Waals surface area (Å²) in [6.45, 7) is 7.64. The van der Waals surface area contributed by atoms with Crippen LogP contribution in [0.4, 0.5) is 0 Å². The molecule has 0 rings (SSSR count). The SMILES string of the molecule is CC(C)=O.CC(C)=O.CC[N+](=O)[O-]. The fourth-order valence-electron chi connectivity index (χ4n) is 0. The minimum atomic E-state index is -0.375. The van der Waals surface area contributed by atoms with Crippen molar-refractivity contribution in [2.45, 2.75) is 34.6 Å². The van der Waals surface area contributed by atoms with Crippen molar-refractivity contribution in [1.29, 1.82) is 0 Å². The van der Waals surface area contributed by atoms with Gasteiger partial charge in [0.1, 0.15) is 11.6 Å². The molecule has 0 aromatic heterocycles. The molecule has 0 N–H and O–H groups in total. The van der Waals surface area contributed by atoms with E-state index in [9.17, 15) is 19.7 Å². The molecule has 78 valence electrons. The second-order valence-electron chi connectivity index (χ2n) is 2.47. The molecule has 5 nitrogen and oxygen atoms in total. The van der Waals surface area contributed by atoms with Gasteiger partial charge in [-0.3, -0.25) is 10.1 Å². The molecule has 0 saturated carbocycles. The normalized spacial score (nSPS) is 6.85. The maximum atomic E-state index is 9.44. The number of carbonyl (C=O) groups is 2. The van der Waals surface area contributed by atoms with Crippen molar-refractivity contribution in [3.63, 3.8) is 0 Å². The lowest BCUT2D eigenvalue weighted by molar-refractivity contribution is -0.475. The van der Waals surface area contributed by atoms with Gasteiger partial charge in [-0.15, -0.1) is 0 Å². The van der Waals surface area contributed by atoms with Crippen LogP contribution < -0.4 is 0 Å². The van der Waals surface area contributed by atoms with Gasteiger partial charge in [0.25, 0.3) is 0 Å². The predicted octanol–water partition coefficient (Wildman–Crippen LogP) is 1.47. The maximum absolute atomic E-state index is 9.44. The molecule has 0 aromatic carbocycles. The van der Waals surface area contributed by atoms with Crippen LogP contribution in [0.3, 0.4) is 0 Å². The van der Waals surface area contributed by atoms with Crippen LogP contribution in [0.1, 0.15) is 34.6 Å². The third-order valence-electron chi connectivity index (χ3n) is 0.258. The van der Waals surface area contributed by atoms with Gasteiger partial charge in [-0.2, -0.15) is 0 Å². The average Bonchev–Trinajstić information content (AvgIpc) is 1.84. The lowest BCUT2D eigenvalue weighted by atomic mass is 10.6. The minimum Gasteiger partial charge on any atom is -0.300 e. The van der Waals surface area contributed by atoms with Crippen molar-refractivity contribution >= 4 is 11.6 Å². The largest absolute Gasteiger partial charge is 0.300 e. The molecule has 5 heteroatoms. The number of rotatable bonds is 1. The fourth-order valence-corrected chi connectivity index (χ4v) is 0. The highest BCUT2D eigenvalue weighted by Gasteiger charge is 1.77. The van der Waals surface area contributed by atoms with Gasteiger partial charge in [0, 0.05) is 11.8 Å². The number of carbonyl (C=O) groups excluding carboxylic acids is 2. The first-order valence-electron chi connectivity index (χ1n) is 3.80. The van der Waals surface area contributed by atoms with Crippen molar-refractivity contribution in [2.75, 3.05) is 6.54 Å². The van der Waals surface area contributed by atoms with Gasteiger partial charge >= 0.3 is 0 Å². The van der Waals surface area contributed by atoms with E-state index in [-0.39, 0.29) is 23.0 Å². The van der Waals surface area contributed by atoms with Gasteiger partial charge < -0.3 is 9.59 Å². The molecule has 0 unspecified atom stereocenters. The smallest absolute Gasteiger partial charge is 0.201 e. The van der Waals surface area contributed by atoms with E-state index in [1.165, 1.54) is 34.6 Å². The number of ketones is 2. The second-order valence-corrected chi connectivity index (χ2v) is 2.47. The van der Waals surface area contributed by atoms with Gasteiger partial charge in [-0.25, -0.2) is 0 Å². The highest BCUT2D eigenvalue weighted by Crippen LogP contribution is 1.57.